The summed E-state index contributed by atoms with van der Waals surface area (Å²) in [6.07, 6.45) is 0. The summed E-state index contributed by atoms with van der Waals surface area (Å²) in [5.74, 6) is -0.837. The van der Waals surface area contributed by atoms with E-state index >= 15 is 0 Å². The van der Waals surface area contributed by atoms with Gasteiger partial charge in [-0.3, -0.25) is 4.79 Å². The summed E-state index contributed by atoms with van der Waals surface area (Å²) in [5, 5.41) is 5.63. The van der Waals surface area contributed by atoms with Crippen molar-refractivity contribution in [1.29, 1.82) is 0 Å². The molecule has 2 aromatic rings. The van der Waals surface area contributed by atoms with E-state index in [4.69, 9.17) is 9.47 Å². The largest absolute Gasteiger partial charge is 0.465 e. The Bertz CT molecular complexity index is 744. The normalized spacial score (nSPS) is 11.4. The third kappa shape index (κ3) is 4.19. The molecule has 6 nitrogen and oxygen atoms in total. The smallest absolute Gasteiger partial charge is 0.340 e. The van der Waals surface area contributed by atoms with Gasteiger partial charge in [-0.1, -0.05) is 20.8 Å². The van der Waals surface area contributed by atoms with Crippen LogP contribution in [0, 0.1) is 0 Å². The molecule has 0 aliphatic carbocycles. The number of amides is 1. The second-order valence-electron chi connectivity index (χ2n) is 6.11. The summed E-state index contributed by atoms with van der Waals surface area (Å²) < 4.78 is 9.81. The number of thiophene rings is 1. The average Bonchev–Trinajstić information content (AvgIpc) is 3.13. The monoisotopic (exact) mass is 368 g/mol. The fraction of sp³-hybridized carbons (Fsp3) is 0.438. The number of aromatic nitrogens is 1. The van der Waals surface area contributed by atoms with Gasteiger partial charge >= 0.3 is 5.97 Å². The maximum absolute atomic E-state index is 12.4. The van der Waals surface area contributed by atoms with Crippen LogP contribution in [0.5, 0.6) is 0 Å². The molecule has 1 amide bonds. The Morgan fingerprint density at radius 3 is 2.58 bits per heavy atom. The molecule has 8 heteroatoms. The number of hydrogen-bond acceptors (Lipinski definition) is 7. The van der Waals surface area contributed by atoms with Crippen molar-refractivity contribution in [2.45, 2.75) is 32.8 Å². The number of carbonyl (C=O) groups is 2. The predicted octanol–water partition coefficient (Wildman–Crippen LogP) is 3.69. The molecule has 0 aromatic carbocycles. The highest BCUT2D eigenvalue weighted by molar-refractivity contribution is 7.17. The van der Waals surface area contributed by atoms with Crippen LogP contribution in [0.25, 0.3) is 0 Å². The van der Waals surface area contributed by atoms with Crippen molar-refractivity contribution in [1.82, 2.24) is 4.98 Å². The lowest BCUT2D eigenvalue weighted by Crippen LogP contribution is -2.14. The molecule has 2 heterocycles. The zero-order chi connectivity index (χ0) is 17.9. The van der Waals surface area contributed by atoms with Gasteiger partial charge in [-0.05, 0) is 11.5 Å². The summed E-state index contributed by atoms with van der Waals surface area (Å²) in [6.45, 7) is 6.49. The molecule has 130 valence electrons. The highest BCUT2D eigenvalue weighted by atomic mass is 32.1. The molecule has 0 spiro atoms. The summed E-state index contributed by atoms with van der Waals surface area (Å²) in [6, 6.07) is 1.77. The molecule has 0 saturated carbocycles. The van der Waals surface area contributed by atoms with Gasteiger partial charge in [0.1, 0.15) is 15.7 Å². The Labute approximate surface area is 148 Å². The SMILES string of the molecule is COCc1nc(C(=O)Nc2sc(C(C)(C)C)cc2C(=O)OC)cs1. The van der Waals surface area contributed by atoms with Crippen LogP contribution < -0.4 is 5.32 Å². The van der Waals surface area contributed by atoms with Gasteiger partial charge in [0.25, 0.3) is 5.91 Å². The van der Waals surface area contributed by atoms with Crippen molar-refractivity contribution in [3.8, 4) is 0 Å². The molecule has 0 unspecified atom stereocenters. The molecule has 1 N–H and O–H groups in total. The highest BCUT2D eigenvalue weighted by Crippen LogP contribution is 2.36. The minimum atomic E-state index is -0.476. The minimum absolute atomic E-state index is 0.136. The van der Waals surface area contributed by atoms with Crippen LogP contribution in [0.4, 0.5) is 5.00 Å². The van der Waals surface area contributed by atoms with Gasteiger partial charge in [-0.15, -0.1) is 22.7 Å². The van der Waals surface area contributed by atoms with E-state index in [-0.39, 0.29) is 11.3 Å². The van der Waals surface area contributed by atoms with E-state index < -0.39 is 5.97 Å². The van der Waals surface area contributed by atoms with E-state index in [0.29, 0.717) is 22.9 Å². The number of thiazole rings is 1. The summed E-state index contributed by atoms with van der Waals surface area (Å²) in [4.78, 5) is 29.6. The number of carbonyl (C=O) groups excluding carboxylic acids is 2. The molecule has 0 fully saturated rings. The fourth-order valence-corrected chi connectivity index (χ4v) is 3.73. The molecule has 0 atom stereocenters. The van der Waals surface area contributed by atoms with Crippen LogP contribution in [0.1, 0.15) is 51.5 Å². The van der Waals surface area contributed by atoms with Crippen molar-refractivity contribution in [3.05, 3.63) is 32.6 Å². The van der Waals surface area contributed by atoms with Crippen LogP contribution in [0.15, 0.2) is 11.4 Å². The molecule has 24 heavy (non-hydrogen) atoms. The summed E-state index contributed by atoms with van der Waals surface area (Å²) >= 11 is 2.72. The topological polar surface area (TPSA) is 77.5 Å². The maximum Gasteiger partial charge on any atom is 0.340 e. The predicted molar refractivity (Wildman–Crippen MR) is 95.1 cm³/mol. The lowest BCUT2D eigenvalue weighted by Gasteiger charge is -2.15. The number of anilines is 1. The quantitative estimate of drug-likeness (QED) is 0.815. The van der Waals surface area contributed by atoms with E-state index in [1.807, 2.05) is 20.8 Å². The van der Waals surface area contributed by atoms with Crippen molar-refractivity contribution in [2.75, 3.05) is 19.5 Å². The summed E-state index contributed by atoms with van der Waals surface area (Å²) in [7, 11) is 2.89. The number of hydrogen-bond donors (Lipinski definition) is 1. The standard InChI is InChI=1S/C16H20N2O4S2/c1-16(2,3)11-6-9(15(20)22-5)14(24-11)18-13(19)10-8-23-12(17-10)7-21-4/h6,8H,7H2,1-5H3,(H,18,19). The van der Waals surface area contributed by atoms with E-state index in [9.17, 15) is 9.59 Å². The molecular formula is C16H20N2O4S2. The molecule has 0 radical (unpaired) electrons. The highest BCUT2D eigenvalue weighted by Gasteiger charge is 2.25. The lowest BCUT2D eigenvalue weighted by atomic mass is 9.94. The number of rotatable bonds is 5. The fourth-order valence-electron chi connectivity index (χ4n) is 1.89. The van der Waals surface area contributed by atoms with Crippen LogP contribution in [0.2, 0.25) is 0 Å². The minimum Gasteiger partial charge on any atom is -0.465 e. The van der Waals surface area contributed by atoms with Gasteiger partial charge < -0.3 is 14.8 Å². The van der Waals surface area contributed by atoms with Crippen molar-refractivity contribution >= 4 is 39.6 Å². The van der Waals surface area contributed by atoms with Gasteiger partial charge in [0.05, 0.1) is 19.3 Å². The van der Waals surface area contributed by atoms with E-state index in [1.165, 1.54) is 29.8 Å². The van der Waals surface area contributed by atoms with Crippen molar-refractivity contribution in [2.24, 2.45) is 0 Å². The number of ether oxygens (including phenoxy) is 2. The lowest BCUT2D eigenvalue weighted by molar-refractivity contribution is 0.0602. The molecule has 2 rings (SSSR count). The maximum atomic E-state index is 12.4. The molecule has 0 saturated heterocycles. The molecular weight excluding hydrogens is 348 g/mol. The van der Waals surface area contributed by atoms with E-state index in [0.717, 1.165) is 9.88 Å². The van der Waals surface area contributed by atoms with Gasteiger partial charge in [-0.25, -0.2) is 9.78 Å². The third-order valence-electron chi connectivity index (χ3n) is 3.16. The van der Waals surface area contributed by atoms with Crippen LogP contribution in [-0.4, -0.2) is 31.1 Å². The number of nitrogens with zero attached hydrogens (tertiary/aromatic N) is 1. The molecule has 2 aromatic heterocycles. The van der Waals surface area contributed by atoms with Crippen molar-refractivity contribution in [3.63, 3.8) is 0 Å². The Kier molecular flexibility index (Phi) is 5.74. The van der Waals surface area contributed by atoms with Gasteiger partial charge in [0, 0.05) is 17.4 Å². The number of methoxy groups -OCH3 is 2. The Hall–Kier alpha value is -1.77. The number of nitrogens with one attached hydrogen (secondary N) is 1. The van der Waals surface area contributed by atoms with Gasteiger partial charge in [0.15, 0.2) is 0 Å². The Balaban J connectivity index is 2.28. The zero-order valence-electron chi connectivity index (χ0n) is 14.3. The first-order valence-electron chi connectivity index (χ1n) is 7.23. The first kappa shape index (κ1) is 18.6. The Morgan fingerprint density at radius 1 is 1.29 bits per heavy atom. The zero-order valence-corrected chi connectivity index (χ0v) is 15.9. The first-order chi connectivity index (χ1) is 11.3. The van der Waals surface area contributed by atoms with E-state index in [2.05, 4.69) is 10.3 Å². The van der Waals surface area contributed by atoms with Crippen LogP contribution in [-0.2, 0) is 21.5 Å². The Morgan fingerprint density at radius 2 is 2.00 bits per heavy atom. The third-order valence-corrected chi connectivity index (χ3v) is 5.45. The molecule has 0 bridgehead atoms. The van der Waals surface area contributed by atoms with Crippen LogP contribution in [0.3, 0.4) is 0 Å². The molecule has 0 aliphatic heterocycles. The number of esters is 1. The van der Waals surface area contributed by atoms with Gasteiger partial charge in [-0.2, -0.15) is 0 Å². The van der Waals surface area contributed by atoms with E-state index in [1.54, 1.807) is 18.6 Å². The van der Waals surface area contributed by atoms with Crippen LogP contribution >= 0.6 is 22.7 Å². The van der Waals surface area contributed by atoms with Crippen molar-refractivity contribution < 1.29 is 19.1 Å². The average molecular weight is 368 g/mol. The molecule has 0 aliphatic rings. The second kappa shape index (κ2) is 7.42. The summed E-state index contributed by atoms with van der Waals surface area (Å²) in [5.41, 5.74) is 0.518. The second-order valence-corrected chi connectivity index (χ2v) is 8.10. The first-order valence-corrected chi connectivity index (χ1v) is 8.93. The van der Waals surface area contributed by atoms with Gasteiger partial charge in [0.2, 0.25) is 0 Å².